The van der Waals surface area contributed by atoms with Crippen LogP contribution in [0.5, 0.6) is 0 Å². The summed E-state index contributed by atoms with van der Waals surface area (Å²) in [6.07, 6.45) is -2.02. The maximum absolute atomic E-state index is 14.7. The monoisotopic (exact) mass is 313 g/mol. The van der Waals surface area contributed by atoms with Crippen molar-refractivity contribution in [1.29, 1.82) is 0 Å². The highest BCUT2D eigenvalue weighted by Crippen LogP contribution is 2.32. The Hall–Kier alpha value is -3.02. The van der Waals surface area contributed by atoms with Crippen LogP contribution in [0.15, 0.2) is 54.6 Å². The van der Waals surface area contributed by atoms with Gasteiger partial charge in [-0.15, -0.1) is 0 Å². The van der Waals surface area contributed by atoms with Gasteiger partial charge in [0, 0.05) is 0 Å². The maximum Gasteiger partial charge on any atom is 0.330 e. The molecule has 1 heterocycles. The Morgan fingerprint density at radius 2 is 1.39 bits per heavy atom. The van der Waals surface area contributed by atoms with Crippen molar-refractivity contribution < 1.29 is 23.9 Å². The van der Waals surface area contributed by atoms with Crippen molar-refractivity contribution in [3.63, 3.8) is 0 Å². The Bertz CT molecular complexity index is 755. The number of hydrogen-bond donors (Lipinski definition) is 1. The summed E-state index contributed by atoms with van der Waals surface area (Å²) < 4.78 is 14.7. The first-order valence-corrected chi connectivity index (χ1v) is 6.91. The summed E-state index contributed by atoms with van der Waals surface area (Å²) >= 11 is 0. The molecule has 0 radical (unpaired) electrons. The zero-order valence-corrected chi connectivity index (χ0v) is 11.8. The highest BCUT2D eigenvalue weighted by atomic mass is 19.1. The van der Waals surface area contributed by atoms with Gasteiger partial charge in [0.05, 0.1) is 11.1 Å². The van der Waals surface area contributed by atoms with Gasteiger partial charge in [0.1, 0.15) is 0 Å². The standard InChI is InChI=1S/C17H12FNO4/c18-13(10-6-2-1-3-7-10)14(17(22)23)19-15(20)11-8-4-5-9-12(11)16(19)21/h1-9,13-14H,(H,22,23). The average molecular weight is 313 g/mol. The van der Waals surface area contributed by atoms with E-state index in [1.165, 1.54) is 24.3 Å². The molecule has 5 nitrogen and oxygen atoms in total. The van der Waals surface area contributed by atoms with Crippen LogP contribution >= 0.6 is 0 Å². The third-order valence-corrected chi connectivity index (χ3v) is 3.75. The smallest absolute Gasteiger partial charge is 0.330 e. The third kappa shape index (κ3) is 2.38. The van der Waals surface area contributed by atoms with Crippen LogP contribution in [0.3, 0.4) is 0 Å². The molecule has 0 spiro atoms. The molecule has 3 rings (SSSR count). The summed E-state index contributed by atoms with van der Waals surface area (Å²) in [6.45, 7) is 0. The minimum absolute atomic E-state index is 0.0870. The van der Waals surface area contributed by atoms with E-state index in [2.05, 4.69) is 0 Å². The summed E-state index contributed by atoms with van der Waals surface area (Å²) in [7, 11) is 0. The highest BCUT2D eigenvalue weighted by Gasteiger charge is 2.46. The number of amides is 2. The first-order valence-electron chi connectivity index (χ1n) is 6.91. The van der Waals surface area contributed by atoms with E-state index >= 15 is 0 Å². The third-order valence-electron chi connectivity index (χ3n) is 3.75. The van der Waals surface area contributed by atoms with Gasteiger partial charge in [-0.3, -0.25) is 14.5 Å². The van der Waals surface area contributed by atoms with E-state index in [9.17, 15) is 23.9 Å². The number of rotatable bonds is 4. The molecule has 2 amide bonds. The van der Waals surface area contributed by atoms with Crippen molar-refractivity contribution >= 4 is 17.8 Å². The second-order valence-corrected chi connectivity index (χ2v) is 5.12. The lowest BCUT2D eigenvalue weighted by Crippen LogP contribution is -2.47. The Labute approximate surface area is 131 Å². The molecule has 2 aromatic rings. The number of nitrogens with zero attached hydrogens (tertiary/aromatic N) is 1. The Balaban J connectivity index is 2.02. The van der Waals surface area contributed by atoms with Crippen molar-refractivity contribution in [2.45, 2.75) is 12.2 Å². The van der Waals surface area contributed by atoms with Crippen LogP contribution in [0.2, 0.25) is 0 Å². The fourth-order valence-electron chi connectivity index (χ4n) is 2.65. The molecule has 6 heteroatoms. The van der Waals surface area contributed by atoms with Gasteiger partial charge in [0.15, 0.2) is 12.2 Å². The van der Waals surface area contributed by atoms with E-state index in [4.69, 9.17) is 0 Å². The number of benzene rings is 2. The van der Waals surface area contributed by atoms with E-state index in [0.717, 1.165) is 0 Å². The quantitative estimate of drug-likeness (QED) is 0.880. The summed E-state index contributed by atoms with van der Waals surface area (Å²) in [4.78, 5) is 36.8. The number of fused-ring (bicyclic) bond motifs is 1. The van der Waals surface area contributed by atoms with E-state index in [-0.39, 0.29) is 16.7 Å². The molecule has 0 saturated carbocycles. The molecule has 0 aromatic heterocycles. The van der Waals surface area contributed by atoms with Crippen LogP contribution < -0.4 is 0 Å². The summed E-state index contributed by atoms with van der Waals surface area (Å²) in [6, 6.07) is 11.7. The first kappa shape index (κ1) is 14.9. The highest BCUT2D eigenvalue weighted by molar-refractivity contribution is 6.22. The van der Waals surface area contributed by atoms with E-state index in [1.807, 2.05) is 0 Å². The van der Waals surface area contributed by atoms with Crippen LogP contribution in [-0.4, -0.2) is 33.8 Å². The molecule has 23 heavy (non-hydrogen) atoms. The zero-order chi connectivity index (χ0) is 16.6. The van der Waals surface area contributed by atoms with Crippen molar-refractivity contribution in [2.24, 2.45) is 0 Å². The minimum atomic E-state index is -2.02. The SMILES string of the molecule is O=C(O)C(C(F)c1ccccc1)N1C(=O)c2ccccc2C1=O. The van der Waals surface area contributed by atoms with Crippen LogP contribution in [0.1, 0.15) is 32.5 Å². The summed E-state index contributed by atoms with van der Waals surface area (Å²) in [5, 5.41) is 9.39. The fraction of sp³-hybridized carbons (Fsp3) is 0.118. The van der Waals surface area contributed by atoms with Gasteiger partial charge >= 0.3 is 5.97 Å². The average Bonchev–Trinajstić information content (AvgIpc) is 2.81. The Kier molecular flexibility index (Phi) is 3.65. The van der Waals surface area contributed by atoms with Crippen molar-refractivity contribution in [1.82, 2.24) is 4.90 Å². The lowest BCUT2D eigenvalue weighted by Gasteiger charge is -2.25. The van der Waals surface area contributed by atoms with Crippen molar-refractivity contribution in [3.8, 4) is 0 Å². The molecule has 1 N–H and O–H groups in total. The Morgan fingerprint density at radius 3 is 1.87 bits per heavy atom. The fourth-order valence-corrected chi connectivity index (χ4v) is 2.65. The molecule has 2 unspecified atom stereocenters. The Morgan fingerprint density at radius 1 is 0.913 bits per heavy atom. The number of aliphatic carboxylic acids is 1. The molecular weight excluding hydrogens is 301 g/mol. The van der Waals surface area contributed by atoms with Gasteiger partial charge in [-0.05, 0) is 17.7 Å². The minimum Gasteiger partial charge on any atom is -0.480 e. The molecule has 0 aliphatic carbocycles. The molecule has 116 valence electrons. The topological polar surface area (TPSA) is 74.7 Å². The largest absolute Gasteiger partial charge is 0.480 e. The molecule has 1 aliphatic rings. The number of carbonyl (C=O) groups excluding carboxylic acids is 2. The molecule has 2 atom stereocenters. The van der Waals surface area contributed by atoms with Crippen molar-refractivity contribution in [3.05, 3.63) is 71.3 Å². The predicted molar refractivity (Wildman–Crippen MR) is 78.7 cm³/mol. The number of imide groups is 1. The number of carboxylic acid groups (broad SMARTS) is 1. The van der Waals surface area contributed by atoms with Crippen LogP contribution in [-0.2, 0) is 4.79 Å². The van der Waals surface area contributed by atoms with E-state index < -0.39 is 30.0 Å². The van der Waals surface area contributed by atoms with Crippen LogP contribution in [0.25, 0.3) is 0 Å². The number of carbonyl (C=O) groups is 3. The van der Waals surface area contributed by atoms with Gasteiger partial charge in [0.2, 0.25) is 0 Å². The second-order valence-electron chi connectivity index (χ2n) is 5.12. The molecular formula is C17H12FNO4. The van der Waals surface area contributed by atoms with E-state index in [0.29, 0.717) is 4.90 Å². The van der Waals surface area contributed by atoms with Gasteiger partial charge in [0.25, 0.3) is 11.8 Å². The second kappa shape index (κ2) is 5.64. The molecule has 0 bridgehead atoms. The lowest BCUT2D eigenvalue weighted by molar-refractivity contribution is -0.144. The molecule has 1 aliphatic heterocycles. The van der Waals surface area contributed by atoms with Gasteiger partial charge in [-0.25, -0.2) is 9.18 Å². The first-order chi connectivity index (χ1) is 11.0. The van der Waals surface area contributed by atoms with Gasteiger partial charge in [-0.1, -0.05) is 42.5 Å². The van der Waals surface area contributed by atoms with Crippen molar-refractivity contribution in [2.75, 3.05) is 0 Å². The summed E-state index contributed by atoms with van der Waals surface area (Å²) in [5.41, 5.74) is 0.268. The van der Waals surface area contributed by atoms with Gasteiger partial charge < -0.3 is 5.11 Å². The summed E-state index contributed by atoms with van der Waals surface area (Å²) in [5.74, 6) is -3.16. The van der Waals surface area contributed by atoms with Gasteiger partial charge in [-0.2, -0.15) is 0 Å². The number of halogens is 1. The zero-order valence-electron chi connectivity index (χ0n) is 11.8. The number of hydrogen-bond acceptors (Lipinski definition) is 3. The predicted octanol–water partition coefficient (Wildman–Crippen LogP) is 2.45. The maximum atomic E-state index is 14.7. The molecule has 0 fully saturated rings. The molecule has 2 aromatic carbocycles. The number of alkyl halides is 1. The van der Waals surface area contributed by atoms with Crippen LogP contribution in [0, 0.1) is 0 Å². The van der Waals surface area contributed by atoms with Crippen LogP contribution in [0.4, 0.5) is 4.39 Å². The number of carboxylic acids is 1. The van der Waals surface area contributed by atoms with E-state index in [1.54, 1.807) is 30.3 Å². The molecule has 0 saturated heterocycles. The lowest BCUT2D eigenvalue weighted by atomic mass is 10.0. The normalized spacial score (nSPS) is 16.1.